The summed E-state index contributed by atoms with van der Waals surface area (Å²) < 4.78 is 13.5. The molecule has 1 N–H and O–H groups in total. The molecule has 0 aromatic heterocycles. The summed E-state index contributed by atoms with van der Waals surface area (Å²) in [5, 5.41) is 2.88. The molecule has 1 aromatic rings. The smallest absolute Gasteiger partial charge is 0.256 e. The molecule has 0 fully saturated rings. The van der Waals surface area contributed by atoms with E-state index in [4.69, 9.17) is 11.6 Å². The van der Waals surface area contributed by atoms with E-state index in [2.05, 4.69) is 5.32 Å². The van der Waals surface area contributed by atoms with Crippen LogP contribution in [0.1, 0.15) is 38.1 Å². The third-order valence-electron chi connectivity index (χ3n) is 2.84. The van der Waals surface area contributed by atoms with Crippen LogP contribution in [0.15, 0.2) is 18.2 Å². The molecule has 0 saturated heterocycles. The Bertz CT molecular complexity index is 406. The number of carbonyl (C=O) groups excluding carboxylic acids is 1. The average molecular weight is 258 g/mol. The van der Waals surface area contributed by atoms with Gasteiger partial charge in [0, 0.05) is 6.04 Å². The van der Waals surface area contributed by atoms with Gasteiger partial charge in [0.05, 0.1) is 10.6 Å². The maximum Gasteiger partial charge on any atom is 0.256 e. The van der Waals surface area contributed by atoms with Crippen LogP contribution in [0, 0.1) is 11.2 Å². The summed E-state index contributed by atoms with van der Waals surface area (Å²) in [7, 11) is 0. The molecule has 0 spiro atoms. The van der Waals surface area contributed by atoms with Gasteiger partial charge < -0.3 is 5.32 Å². The topological polar surface area (TPSA) is 29.1 Å². The first-order valence-electron chi connectivity index (χ1n) is 5.48. The Morgan fingerprint density at radius 2 is 2.00 bits per heavy atom. The molecule has 2 nitrogen and oxygen atoms in total. The Hall–Kier alpha value is -1.09. The number of halogens is 2. The van der Waals surface area contributed by atoms with Crippen molar-refractivity contribution in [2.45, 2.75) is 33.7 Å². The van der Waals surface area contributed by atoms with Crippen molar-refractivity contribution >= 4 is 17.5 Å². The molecular weight excluding hydrogens is 241 g/mol. The third-order valence-corrected chi connectivity index (χ3v) is 3.15. The van der Waals surface area contributed by atoms with Crippen LogP contribution in [0.5, 0.6) is 0 Å². The number of benzene rings is 1. The van der Waals surface area contributed by atoms with Crippen molar-refractivity contribution in [1.29, 1.82) is 0 Å². The van der Waals surface area contributed by atoms with Crippen LogP contribution in [0.2, 0.25) is 5.02 Å². The maximum atomic E-state index is 13.5. The molecule has 0 aliphatic carbocycles. The van der Waals surface area contributed by atoms with Crippen LogP contribution in [-0.4, -0.2) is 11.9 Å². The summed E-state index contributed by atoms with van der Waals surface area (Å²) in [5.41, 5.74) is -0.182. The van der Waals surface area contributed by atoms with Crippen molar-refractivity contribution < 1.29 is 9.18 Å². The summed E-state index contributed by atoms with van der Waals surface area (Å²) in [5.74, 6) is -1.08. The van der Waals surface area contributed by atoms with Gasteiger partial charge in [-0.3, -0.25) is 4.79 Å². The molecule has 0 radical (unpaired) electrons. The molecule has 17 heavy (non-hydrogen) atoms. The van der Waals surface area contributed by atoms with Gasteiger partial charge in [-0.05, 0) is 24.5 Å². The largest absolute Gasteiger partial charge is 0.349 e. The van der Waals surface area contributed by atoms with E-state index in [-0.39, 0.29) is 22.0 Å². The first kappa shape index (κ1) is 14.0. The molecule has 94 valence electrons. The highest BCUT2D eigenvalue weighted by Gasteiger charge is 2.24. The molecule has 1 atom stereocenters. The standard InChI is InChI=1S/C13H17ClFNO/c1-8(13(2,3)4)16-12(17)11-9(14)6-5-7-10(11)15/h5-8H,1-4H3,(H,16,17)/t8-/m1/s1. The Balaban J connectivity index is 2.92. The van der Waals surface area contributed by atoms with Crippen LogP contribution in [0.3, 0.4) is 0 Å². The first-order valence-corrected chi connectivity index (χ1v) is 5.86. The molecular formula is C13H17ClFNO. The van der Waals surface area contributed by atoms with Crippen LogP contribution in [0.4, 0.5) is 4.39 Å². The summed E-state index contributed by atoms with van der Waals surface area (Å²) in [4.78, 5) is 11.9. The van der Waals surface area contributed by atoms with Crippen LogP contribution in [-0.2, 0) is 0 Å². The lowest BCUT2D eigenvalue weighted by atomic mass is 9.88. The minimum absolute atomic E-state index is 0.0781. The van der Waals surface area contributed by atoms with E-state index in [1.54, 1.807) is 0 Å². The van der Waals surface area contributed by atoms with Crippen LogP contribution < -0.4 is 5.32 Å². The summed E-state index contributed by atoms with van der Waals surface area (Å²) in [6.45, 7) is 7.88. The Kier molecular flexibility index (Phi) is 4.15. The molecule has 1 aromatic carbocycles. The van der Waals surface area contributed by atoms with E-state index in [9.17, 15) is 9.18 Å². The number of hydrogen-bond donors (Lipinski definition) is 1. The van der Waals surface area contributed by atoms with Crippen LogP contribution >= 0.6 is 11.6 Å². The van der Waals surface area contributed by atoms with E-state index < -0.39 is 11.7 Å². The second kappa shape index (κ2) is 5.05. The molecule has 0 bridgehead atoms. The van der Waals surface area contributed by atoms with Gasteiger partial charge in [0.1, 0.15) is 5.82 Å². The number of rotatable bonds is 2. The van der Waals surface area contributed by atoms with Crippen molar-refractivity contribution in [3.63, 3.8) is 0 Å². The van der Waals surface area contributed by atoms with Gasteiger partial charge in [-0.1, -0.05) is 38.4 Å². The lowest BCUT2D eigenvalue weighted by Gasteiger charge is -2.28. The SMILES string of the molecule is C[C@@H](NC(=O)c1c(F)cccc1Cl)C(C)(C)C. The minimum Gasteiger partial charge on any atom is -0.349 e. The zero-order valence-electron chi connectivity index (χ0n) is 10.5. The predicted octanol–water partition coefficient (Wildman–Crippen LogP) is 3.64. The van der Waals surface area contributed by atoms with Crippen molar-refractivity contribution in [2.75, 3.05) is 0 Å². The minimum atomic E-state index is -0.601. The summed E-state index contributed by atoms with van der Waals surface area (Å²) in [6, 6.07) is 4.12. The maximum absolute atomic E-state index is 13.5. The van der Waals surface area contributed by atoms with Gasteiger partial charge >= 0.3 is 0 Å². The van der Waals surface area contributed by atoms with Gasteiger partial charge in [-0.15, -0.1) is 0 Å². The van der Waals surface area contributed by atoms with E-state index in [1.807, 2.05) is 27.7 Å². The number of nitrogens with one attached hydrogen (secondary N) is 1. The fraction of sp³-hybridized carbons (Fsp3) is 0.462. The zero-order valence-corrected chi connectivity index (χ0v) is 11.2. The Morgan fingerprint density at radius 1 is 1.41 bits per heavy atom. The highest BCUT2D eigenvalue weighted by Crippen LogP contribution is 2.22. The van der Waals surface area contributed by atoms with E-state index in [0.717, 1.165) is 0 Å². The molecule has 0 saturated carbocycles. The molecule has 0 heterocycles. The number of carbonyl (C=O) groups is 1. The van der Waals surface area contributed by atoms with Gasteiger partial charge in [-0.2, -0.15) is 0 Å². The van der Waals surface area contributed by atoms with Gasteiger partial charge in [0.2, 0.25) is 0 Å². The summed E-state index contributed by atoms with van der Waals surface area (Å²) >= 11 is 5.82. The second-order valence-corrected chi connectivity index (χ2v) is 5.57. The fourth-order valence-electron chi connectivity index (χ4n) is 1.20. The zero-order chi connectivity index (χ0) is 13.2. The predicted molar refractivity (Wildman–Crippen MR) is 67.8 cm³/mol. The normalized spacial score (nSPS) is 13.3. The van der Waals surface area contributed by atoms with Crippen molar-refractivity contribution in [3.05, 3.63) is 34.6 Å². The number of amides is 1. The van der Waals surface area contributed by atoms with Gasteiger partial charge in [0.25, 0.3) is 5.91 Å². The molecule has 1 amide bonds. The number of hydrogen-bond acceptors (Lipinski definition) is 1. The first-order chi connectivity index (χ1) is 7.73. The highest BCUT2D eigenvalue weighted by molar-refractivity contribution is 6.33. The monoisotopic (exact) mass is 257 g/mol. The quantitative estimate of drug-likeness (QED) is 0.861. The summed E-state index contributed by atoms with van der Waals surface area (Å²) in [6.07, 6.45) is 0. The lowest BCUT2D eigenvalue weighted by Crippen LogP contribution is -2.41. The second-order valence-electron chi connectivity index (χ2n) is 5.16. The van der Waals surface area contributed by atoms with E-state index in [1.165, 1.54) is 18.2 Å². The molecule has 4 heteroatoms. The van der Waals surface area contributed by atoms with E-state index in [0.29, 0.717) is 0 Å². The van der Waals surface area contributed by atoms with Crippen LogP contribution in [0.25, 0.3) is 0 Å². The Morgan fingerprint density at radius 3 is 2.47 bits per heavy atom. The molecule has 0 aliphatic rings. The third kappa shape index (κ3) is 3.43. The van der Waals surface area contributed by atoms with Gasteiger partial charge in [0.15, 0.2) is 0 Å². The fourth-order valence-corrected chi connectivity index (χ4v) is 1.45. The molecule has 0 aliphatic heterocycles. The average Bonchev–Trinajstić information content (AvgIpc) is 2.15. The molecule has 1 rings (SSSR count). The lowest BCUT2D eigenvalue weighted by molar-refractivity contribution is 0.0906. The van der Waals surface area contributed by atoms with Crippen molar-refractivity contribution in [1.82, 2.24) is 5.32 Å². The highest BCUT2D eigenvalue weighted by atomic mass is 35.5. The Labute approximate surface area is 106 Å². The van der Waals surface area contributed by atoms with E-state index >= 15 is 0 Å². The molecule has 0 unspecified atom stereocenters. The van der Waals surface area contributed by atoms with Gasteiger partial charge in [-0.25, -0.2) is 4.39 Å². The van der Waals surface area contributed by atoms with Crippen molar-refractivity contribution in [3.8, 4) is 0 Å². The van der Waals surface area contributed by atoms with Crippen molar-refractivity contribution in [2.24, 2.45) is 5.41 Å².